The van der Waals surface area contributed by atoms with E-state index in [1.165, 1.54) is 6.20 Å². The molecule has 0 aliphatic heterocycles. The molecule has 0 bridgehead atoms. The van der Waals surface area contributed by atoms with Crippen molar-refractivity contribution in [3.8, 4) is 0 Å². The number of halogens is 1. The molecule has 0 aliphatic carbocycles. The second-order valence-corrected chi connectivity index (χ2v) is 2.75. The van der Waals surface area contributed by atoms with Crippen LogP contribution in [0.4, 0.5) is 4.39 Å². The topological polar surface area (TPSA) is 12.9 Å². The fraction of sp³-hybridized carbons (Fsp3) is 0.222. The minimum absolute atomic E-state index is 0.423. The van der Waals surface area contributed by atoms with Crippen molar-refractivity contribution in [1.82, 2.24) is 4.98 Å². The van der Waals surface area contributed by atoms with Crippen molar-refractivity contribution < 1.29 is 4.39 Å². The molecule has 64 valence electrons. The number of pyridine rings is 1. The Bertz CT molecular complexity index is 273. The van der Waals surface area contributed by atoms with E-state index >= 15 is 0 Å². The van der Waals surface area contributed by atoms with Gasteiger partial charge in [-0.3, -0.25) is 0 Å². The number of aromatic nitrogens is 1. The molecule has 0 spiro atoms. The van der Waals surface area contributed by atoms with E-state index in [1.807, 2.05) is 6.08 Å². The van der Waals surface area contributed by atoms with Crippen LogP contribution in [0.1, 0.15) is 12.0 Å². The van der Waals surface area contributed by atoms with Gasteiger partial charge >= 0.3 is 0 Å². The molecule has 0 aromatic carbocycles. The van der Waals surface area contributed by atoms with Gasteiger partial charge in [0.25, 0.3) is 0 Å². The Balaban J connectivity index is 2.68. The predicted molar refractivity (Wildman–Crippen MR) is 51.7 cm³/mol. The van der Waals surface area contributed by atoms with Crippen molar-refractivity contribution in [2.75, 3.05) is 5.75 Å². The monoisotopic (exact) mass is 183 g/mol. The van der Waals surface area contributed by atoms with Crippen LogP contribution in [0.5, 0.6) is 0 Å². The quantitative estimate of drug-likeness (QED) is 0.561. The normalized spacial score (nSPS) is 10.8. The molecule has 0 saturated heterocycles. The maximum absolute atomic E-state index is 12.8. The van der Waals surface area contributed by atoms with Gasteiger partial charge in [0.1, 0.15) is 0 Å². The Hall–Kier alpha value is -0.830. The number of allylic oxidation sites excluding steroid dienone is 1. The highest BCUT2D eigenvalue weighted by Gasteiger charge is 1.95. The smallest absolute Gasteiger partial charge is 0.220 e. The van der Waals surface area contributed by atoms with E-state index in [0.717, 1.165) is 12.2 Å². The third kappa shape index (κ3) is 2.66. The summed E-state index contributed by atoms with van der Waals surface area (Å²) in [7, 11) is 0. The molecule has 0 N–H and O–H groups in total. The van der Waals surface area contributed by atoms with Crippen LogP contribution >= 0.6 is 12.6 Å². The summed E-state index contributed by atoms with van der Waals surface area (Å²) in [6, 6.07) is 3.40. The summed E-state index contributed by atoms with van der Waals surface area (Å²) in [6.45, 7) is 0. The van der Waals surface area contributed by atoms with E-state index in [-0.39, 0.29) is 0 Å². The first-order valence-corrected chi connectivity index (χ1v) is 4.36. The van der Waals surface area contributed by atoms with E-state index in [1.54, 1.807) is 18.2 Å². The van der Waals surface area contributed by atoms with Gasteiger partial charge in [-0.1, -0.05) is 12.2 Å². The summed E-state index contributed by atoms with van der Waals surface area (Å²) in [4.78, 5) is 3.52. The Kier molecular flexibility index (Phi) is 3.80. The lowest BCUT2D eigenvalue weighted by atomic mass is 10.2. The first kappa shape index (κ1) is 9.26. The van der Waals surface area contributed by atoms with Crippen LogP contribution in [-0.2, 0) is 0 Å². The number of hydrogen-bond acceptors (Lipinski definition) is 2. The third-order valence-electron chi connectivity index (χ3n) is 1.38. The van der Waals surface area contributed by atoms with Gasteiger partial charge in [-0.05, 0) is 24.3 Å². The SMILES string of the molecule is Fc1ncccc1C=CCCS. The standard InChI is InChI=1S/C9H10FNS/c10-9-8(4-1-2-7-12)5-3-6-11-9/h1,3-6,12H,2,7H2. The minimum Gasteiger partial charge on any atom is -0.228 e. The maximum atomic E-state index is 12.8. The molecule has 3 heteroatoms. The molecule has 1 aromatic heterocycles. The first-order valence-electron chi connectivity index (χ1n) is 3.72. The molecule has 0 fully saturated rings. The minimum atomic E-state index is -0.423. The lowest BCUT2D eigenvalue weighted by Crippen LogP contribution is -1.84. The molecule has 0 unspecified atom stereocenters. The Morgan fingerprint density at radius 3 is 3.08 bits per heavy atom. The number of nitrogens with zero attached hydrogens (tertiary/aromatic N) is 1. The highest BCUT2D eigenvalue weighted by molar-refractivity contribution is 7.80. The van der Waals surface area contributed by atoms with Gasteiger partial charge in [-0.2, -0.15) is 17.0 Å². The largest absolute Gasteiger partial charge is 0.228 e. The lowest BCUT2D eigenvalue weighted by Gasteiger charge is -1.92. The van der Waals surface area contributed by atoms with Crippen molar-refractivity contribution in [3.63, 3.8) is 0 Å². The summed E-state index contributed by atoms with van der Waals surface area (Å²) in [6.07, 6.45) is 5.88. The Morgan fingerprint density at radius 1 is 1.58 bits per heavy atom. The predicted octanol–water partition coefficient (Wildman–Crippen LogP) is 2.55. The van der Waals surface area contributed by atoms with Gasteiger partial charge in [0.15, 0.2) is 0 Å². The average molecular weight is 183 g/mol. The average Bonchev–Trinajstić information content (AvgIpc) is 2.09. The van der Waals surface area contributed by atoms with Crippen LogP contribution in [0.2, 0.25) is 0 Å². The Morgan fingerprint density at radius 2 is 2.42 bits per heavy atom. The highest BCUT2D eigenvalue weighted by atomic mass is 32.1. The van der Waals surface area contributed by atoms with E-state index in [0.29, 0.717) is 5.56 Å². The molecular weight excluding hydrogens is 173 g/mol. The molecule has 1 nitrogen and oxygen atoms in total. The molecule has 1 heterocycles. The molecular formula is C9H10FNS. The third-order valence-corrected chi connectivity index (χ3v) is 1.64. The van der Waals surface area contributed by atoms with E-state index in [4.69, 9.17) is 0 Å². The van der Waals surface area contributed by atoms with E-state index in [2.05, 4.69) is 17.6 Å². The van der Waals surface area contributed by atoms with Crippen molar-refractivity contribution in [1.29, 1.82) is 0 Å². The van der Waals surface area contributed by atoms with Crippen molar-refractivity contribution >= 4 is 18.7 Å². The van der Waals surface area contributed by atoms with Gasteiger partial charge in [0.05, 0.1) is 0 Å². The second-order valence-electron chi connectivity index (χ2n) is 2.30. The molecule has 0 atom stereocenters. The molecule has 0 aliphatic rings. The molecule has 12 heavy (non-hydrogen) atoms. The highest BCUT2D eigenvalue weighted by Crippen LogP contribution is 2.05. The molecule has 1 aromatic rings. The van der Waals surface area contributed by atoms with Crippen LogP contribution in [0.15, 0.2) is 24.4 Å². The molecule has 0 radical (unpaired) electrons. The van der Waals surface area contributed by atoms with Crippen molar-refractivity contribution in [2.45, 2.75) is 6.42 Å². The first-order chi connectivity index (χ1) is 5.84. The van der Waals surface area contributed by atoms with Crippen molar-refractivity contribution in [3.05, 3.63) is 35.9 Å². The number of thiol groups is 1. The molecule has 0 saturated carbocycles. The van der Waals surface area contributed by atoms with E-state index < -0.39 is 5.95 Å². The summed E-state index contributed by atoms with van der Waals surface area (Å²) in [5.74, 6) is 0.353. The van der Waals surface area contributed by atoms with Crippen LogP contribution in [0.3, 0.4) is 0 Å². The second kappa shape index (κ2) is 4.93. The molecule has 0 amide bonds. The zero-order valence-electron chi connectivity index (χ0n) is 6.57. The van der Waals surface area contributed by atoms with Gasteiger partial charge in [-0.25, -0.2) is 4.98 Å². The summed E-state index contributed by atoms with van der Waals surface area (Å²) < 4.78 is 12.8. The lowest BCUT2D eigenvalue weighted by molar-refractivity contribution is 0.581. The summed E-state index contributed by atoms with van der Waals surface area (Å²) in [5.41, 5.74) is 0.527. The van der Waals surface area contributed by atoms with Crippen LogP contribution in [-0.4, -0.2) is 10.7 Å². The maximum Gasteiger partial charge on any atom is 0.220 e. The summed E-state index contributed by atoms with van der Waals surface area (Å²) >= 11 is 4.03. The zero-order valence-corrected chi connectivity index (χ0v) is 7.47. The molecule has 1 rings (SSSR count). The van der Waals surface area contributed by atoms with Crippen LogP contribution < -0.4 is 0 Å². The van der Waals surface area contributed by atoms with Gasteiger partial charge in [0, 0.05) is 11.8 Å². The van der Waals surface area contributed by atoms with Gasteiger partial charge < -0.3 is 0 Å². The zero-order chi connectivity index (χ0) is 8.81. The van der Waals surface area contributed by atoms with Gasteiger partial charge in [-0.15, -0.1) is 0 Å². The Labute approximate surface area is 76.7 Å². The van der Waals surface area contributed by atoms with E-state index in [9.17, 15) is 4.39 Å². The fourth-order valence-corrected chi connectivity index (χ4v) is 0.957. The van der Waals surface area contributed by atoms with Crippen LogP contribution in [0.25, 0.3) is 6.08 Å². The van der Waals surface area contributed by atoms with Crippen LogP contribution in [0, 0.1) is 5.95 Å². The fourth-order valence-electron chi connectivity index (χ4n) is 0.808. The van der Waals surface area contributed by atoms with Gasteiger partial charge in [0.2, 0.25) is 5.95 Å². The number of rotatable bonds is 3. The summed E-state index contributed by atoms with van der Waals surface area (Å²) in [5, 5.41) is 0. The number of hydrogen-bond donors (Lipinski definition) is 1. The van der Waals surface area contributed by atoms with Crippen molar-refractivity contribution in [2.24, 2.45) is 0 Å².